The number of thioether (sulfide) groups is 1. The van der Waals surface area contributed by atoms with E-state index >= 15 is 0 Å². The Bertz CT molecular complexity index is 983. The molecule has 2 N–H and O–H groups in total. The molecule has 2 nitrogen and oxygen atoms in total. The highest BCUT2D eigenvalue weighted by atomic mass is 32.2. The third-order valence-electron chi connectivity index (χ3n) is 5.90. The van der Waals surface area contributed by atoms with E-state index in [-0.39, 0.29) is 6.04 Å². The quantitative estimate of drug-likeness (QED) is 0.534. The molecule has 2 aliphatic heterocycles. The lowest BCUT2D eigenvalue weighted by Crippen LogP contribution is -2.45. The van der Waals surface area contributed by atoms with Gasteiger partial charge in [0.05, 0.1) is 6.04 Å². The van der Waals surface area contributed by atoms with Crippen LogP contribution in [0.5, 0.6) is 0 Å². The van der Waals surface area contributed by atoms with Crippen molar-refractivity contribution in [3.05, 3.63) is 87.6 Å². The fourth-order valence-electron chi connectivity index (χ4n) is 4.03. The summed E-state index contributed by atoms with van der Waals surface area (Å²) < 4.78 is 0. The van der Waals surface area contributed by atoms with E-state index in [0.29, 0.717) is 16.9 Å². The summed E-state index contributed by atoms with van der Waals surface area (Å²) in [5, 5.41) is 7.68. The third kappa shape index (κ3) is 4.50. The maximum Gasteiger partial charge on any atom is 0.171 e. The van der Waals surface area contributed by atoms with Gasteiger partial charge in [-0.1, -0.05) is 76.2 Å². The molecule has 0 radical (unpaired) electrons. The van der Waals surface area contributed by atoms with Crippen LogP contribution in [0.2, 0.25) is 0 Å². The van der Waals surface area contributed by atoms with Gasteiger partial charge in [-0.2, -0.15) is 11.8 Å². The fourth-order valence-corrected chi connectivity index (χ4v) is 5.33. The van der Waals surface area contributed by atoms with Crippen molar-refractivity contribution in [2.24, 2.45) is 0 Å². The van der Waals surface area contributed by atoms with Gasteiger partial charge in [-0.15, -0.1) is 0 Å². The Labute approximate surface area is 190 Å². The zero-order valence-corrected chi connectivity index (χ0v) is 19.8. The molecule has 0 spiro atoms. The zero-order chi connectivity index (χ0) is 21.3. The number of hydrogen-bond acceptors (Lipinski definition) is 2. The lowest BCUT2D eigenvalue weighted by Gasteiger charge is -2.36. The Morgan fingerprint density at radius 1 is 0.900 bits per heavy atom. The molecular formula is C26H30N2S2. The molecule has 0 aromatic heterocycles. The Hall–Kier alpha value is -2.04. The minimum absolute atomic E-state index is 0.134. The van der Waals surface area contributed by atoms with Gasteiger partial charge in [0.15, 0.2) is 5.11 Å². The molecule has 0 unspecified atom stereocenters. The highest BCUT2D eigenvalue weighted by Gasteiger charge is 2.30. The van der Waals surface area contributed by atoms with E-state index < -0.39 is 0 Å². The highest BCUT2D eigenvalue weighted by molar-refractivity contribution is 7.99. The Balaban J connectivity index is 1.68. The average Bonchev–Trinajstić information content (AvgIpc) is 2.74. The summed E-state index contributed by atoms with van der Waals surface area (Å²) in [6, 6.07) is 18.1. The van der Waals surface area contributed by atoms with Crippen LogP contribution in [0.15, 0.2) is 65.4 Å². The standard InChI is InChI=1S/C26H30N2S2/c1-16(2)19-7-5-18(6-8-19)13-22-14-30-15-23-24(27-26(29)28-25(22)23)21-11-9-20(10-12-21)17(3)4/h5-13,16-17,24H,14-15H2,1-4H3,(H2,27,28,29)/b22-13-/t24-/m0/s1. The average molecular weight is 435 g/mol. The van der Waals surface area contributed by atoms with Gasteiger partial charge in [0, 0.05) is 17.2 Å². The third-order valence-corrected chi connectivity index (χ3v) is 7.15. The van der Waals surface area contributed by atoms with E-state index in [0.717, 1.165) is 11.5 Å². The normalized spacial score (nSPS) is 20.4. The lowest BCUT2D eigenvalue weighted by molar-refractivity contribution is 0.693. The topological polar surface area (TPSA) is 24.1 Å². The van der Waals surface area contributed by atoms with Gasteiger partial charge < -0.3 is 10.6 Å². The van der Waals surface area contributed by atoms with Crippen molar-refractivity contribution in [1.82, 2.24) is 10.6 Å². The van der Waals surface area contributed by atoms with Crippen molar-refractivity contribution in [2.75, 3.05) is 11.5 Å². The summed E-state index contributed by atoms with van der Waals surface area (Å²) in [5.74, 6) is 3.10. The van der Waals surface area contributed by atoms with Crippen molar-refractivity contribution < 1.29 is 0 Å². The predicted octanol–water partition coefficient (Wildman–Crippen LogP) is 6.54. The molecular weight excluding hydrogens is 404 g/mol. The van der Waals surface area contributed by atoms with Crippen molar-refractivity contribution in [1.29, 1.82) is 0 Å². The van der Waals surface area contributed by atoms with E-state index in [1.807, 2.05) is 11.8 Å². The van der Waals surface area contributed by atoms with E-state index in [4.69, 9.17) is 12.2 Å². The van der Waals surface area contributed by atoms with Crippen LogP contribution in [0.1, 0.15) is 67.8 Å². The van der Waals surface area contributed by atoms with Gasteiger partial charge in [-0.3, -0.25) is 0 Å². The van der Waals surface area contributed by atoms with Crippen LogP contribution in [0.25, 0.3) is 6.08 Å². The van der Waals surface area contributed by atoms with Gasteiger partial charge in [-0.25, -0.2) is 0 Å². The first-order valence-corrected chi connectivity index (χ1v) is 12.3. The molecule has 156 valence electrons. The number of thiocarbonyl (C=S) groups is 1. The van der Waals surface area contributed by atoms with Crippen molar-refractivity contribution in [3.8, 4) is 0 Å². The van der Waals surface area contributed by atoms with E-state index in [1.165, 1.54) is 39.1 Å². The predicted molar refractivity (Wildman–Crippen MR) is 135 cm³/mol. The molecule has 2 heterocycles. The van der Waals surface area contributed by atoms with Crippen molar-refractivity contribution in [2.45, 2.75) is 45.6 Å². The fraction of sp³-hybridized carbons (Fsp3) is 0.346. The van der Waals surface area contributed by atoms with Gasteiger partial charge in [0.25, 0.3) is 0 Å². The minimum Gasteiger partial charge on any atom is -0.352 e. The number of nitrogens with one attached hydrogen (secondary N) is 2. The second-order valence-electron chi connectivity index (χ2n) is 8.74. The van der Waals surface area contributed by atoms with E-state index in [9.17, 15) is 0 Å². The first-order chi connectivity index (χ1) is 14.4. The maximum absolute atomic E-state index is 5.59. The number of allylic oxidation sites excluding steroid dienone is 1. The Kier molecular flexibility index (Phi) is 6.35. The van der Waals surface area contributed by atoms with Gasteiger partial charge in [0.2, 0.25) is 0 Å². The summed E-state index contributed by atoms with van der Waals surface area (Å²) in [6.07, 6.45) is 2.31. The molecule has 0 saturated heterocycles. The molecule has 2 aromatic carbocycles. The van der Waals surface area contributed by atoms with Crippen molar-refractivity contribution in [3.63, 3.8) is 0 Å². The lowest BCUT2D eigenvalue weighted by atomic mass is 9.91. The van der Waals surface area contributed by atoms with Crippen LogP contribution >= 0.6 is 24.0 Å². The van der Waals surface area contributed by atoms with Crippen LogP contribution in [-0.2, 0) is 0 Å². The van der Waals surface area contributed by atoms with Gasteiger partial charge >= 0.3 is 0 Å². The Morgan fingerprint density at radius 3 is 2.10 bits per heavy atom. The second-order valence-corrected chi connectivity index (χ2v) is 10.1. The van der Waals surface area contributed by atoms with Crippen LogP contribution in [0.3, 0.4) is 0 Å². The molecule has 1 atom stereocenters. The molecule has 0 saturated carbocycles. The molecule has 4 rings (SSSR count). The van der Waals surface area contributed by atoms with E-state index in [1.54, 1.807) is 0 Å². The smallest absolute Gasteiger partial charge is 0.171 e. The molecule has 0 fully saturated rings. The molecule has 0 aliphatic carbocycles. The van der Waals surface area contributed by atoms with Gasteiger partial charge in [0.1, 0.15) is 0 Å². The number of rotatable bonds is 4. The number of hydrogen-bond donors (Lipinski definition) is 2. The van der Waals surface area contributed by atoms with E-state index in [2.05, 4.69) is 92.9 Å². The summed E-state index contributed by atoms with van der Waals surface area (Å²) in [6.45, 7) is 8.93. The molecule has 0 amide bonds. The summed E-state index contributed by atoms with van der Waals surface area (Å²) in [5.41, 5.74) is 9.19. The summed E-state index contributed by atoms with van der Waals surface area (Å²) in [7, 11) is 0. The first kappa shape index (κ1) is 21.2. The first-order valence-electron chi connectivity index (χ1n) is 10.7. The van der Waals surface area contributed by atoms with Crippen LogP contribution in [0, 0.1) is 0 Å². The Morgan fingerprint density at radius 2 is 1.50 bits per heavy atom. The molecule has 0 bridgehead atoms. The molecule has 4 heteroatoms. The molecule has 2 aromatic rings. The monoisotopic (exact) mass is 434 g/mol. The van der Waals surface area contributed by atoms with Crippen molar-refractivity contribution >= 4 is 35.2 Å². The highest BCUT2D eigenvalue weighted by Crippen LogP contribution is 2.37. The number of benzene rings is 2. The second kappa shape index (κ2) is 8.99. The van der Waals surface area contributed by atoms with Crippen LogP contribution in [0.4, 0.5) is 0 Å². The zero-order valence-electron chi connectivity index (χ0n) is 18.2. The summed E-state index contributed by atoms with van der Waals surface area (Å²) in [4.78, 5) is 0. The largest absolute Gasteiger partial charge is 0.352 e. The van der Waals surface area contributed by atoms with Gasteiger partial charge in [-0.05, 0) is 63.5 Å². The molecule has 30 heavy (non-hydrogen) atoms. The van der Waals surface area contributed by atoms with Crippen LogP contribution in [-0.4, -0.2) is 16.6 Å². The molecule has 2 aliphatic rings. The maximum atomic E-state index is 5.59. The summed E-state index contributed by atoms with van der Waals surface area (Å²) >= 11 is 7.57. The minimum atomic E-state index is 0.134. The van der Waals surface area contributed by atoms with Crippen LogP contribution < -0.4 is 10.6 Å². The SMILES string of the molecule is CC(C)c1ccc(/C=C2/CSCC3=C2NC(=S)N[C@H]3c2ccc(C(C)C)cc2)cc1.